The van der Waals surface area contributed by atoms with E-state index in [9.17, 15) is 9.90 Å². The molecule has 2 aliphatic heterocycles. The fourth-order valence-electron chi connectivity index (χ4n) is 5.80. The van der Waals surface area contributed by atoms with E-state index in [0.29, 0.717) is 24.9 Å². The van der Waals surface area contributed by atoms with Gasteiger partial charge in [0.25, 0.3) is 0 Å². The number of hydrogen-bond acceptors (Lipinski definition) is 7. The highest BCUT2D eigenvalue weighted by Gasteiger charge is 2.45. The molecule has 2 aromatic heterocycles. The number of carbonyl (C=O) groups excluding carboxylic acids is 1. The van der Waals surface area contributed by atoms with Crippen molar-refractivity contribution in [3.63, 3.8) is 0 Å². The molecule has 0 bridgehead atoms. The molecule has 6 rings (SSSR count). The molecule has 0 spiro atoms. The van der Waals surface area contributed by atoms with Crippen LogP contribution in [0.1, 0.15) is 49.1 Å². The Labute approximate surface area is 215 Å². The number of halogens is 1. The minimum atomic E-state index is -0.452. The van der Waals surface area contributed by atoms with Gasteiger partial charge in [-0.1, -0.05) is 11.6 Å². The van der Waals surface area contributed by atoms with E-state index in [0.717, 1.165) is 59.3 Å². The van der Waals surface area contributed by atoms with Crippen molar-refractivity contribution in [1.29, 1.82) is 0 Å². The number of ether oxygens (including phenoxy) is 1. The molecule has 4 atom stereocenters. The molecule has 1 aromatic carbocycles. The maximum absolute atomic E-state index is 12.8. The van der Waals surface area contributed by atoms with Crippen LogP contribution in [0, 0.1) is 5.92 Å². The number of likely N-dealkylation sites (tertiary alicyclic amines) is 1. The molecule has 8 nitrogen and oxygen atoms in total. The molecule has 2 saturated heterocycles. The quantitative estimate of drug-likeness (QED) is 0.542. The number of rotatable bonds is 5. The van der Waals surface area contributed by atoms with Gasteiger partial charge in [-0.2, -0.15) is 0 Å². The Morgan fingerprint density at radius 1 is 1.17 bits per heavy atom. The number of carbonyl (C=O) groups is 1. The first-order valence-corrected chi connectivity index (χ1v) is 13.0. The molecule has 0 unspecified atom stereocenters. The van der Waals surface area contributed by atoms with Crippen molar-refractivity contribution in [1.82, 2.24) is 19.9 Å². The smallest absolute Gasteiger partial charge is 0.229 e. The Balaban J connectivity index is 1.15. The number of hydrogen-bond donors (Lipinski definition) is 2. The fourth-order valence-corrected chi connectivity index (χ4v) is 6.12. The zero-order valence-corrected chi connectivity index (χ0v) is 21.0. The zero-order valence-electron chi connectivity index (χ0n) is 20.2. The number of aliphatic hydroxyl groups is 1. The summed E-state index contributed by atoms with van der Waals surface area (Å²) in [5, 5.41) is 16.1. The van der Waals surface area contributed by atoms with E-state index in [4.69, 9.17) is 16.3 Å². The first kappa shape index (κ1) is 23.7. The lowest BCUT2D eigenvalue weighted by Gasteiger charge is -2.43. The molecule has 36 heavy (non-hydrogen) atoms. The number of fused-ring (bicyclic) bond motifs is 1. The third kappa shape index (κ3) is 4.36. The minimum absolute atomic E-state index is 0.0242. The molecule has 0 radical (unpaired) electrons. The molecular formula is C27H30ClN5O3. The maximum atomic E-state index is 12.8. The van der Waals surface area contributed by atoms with Gasteiger partial charge in [0.15, 0.2) is 0 Å². The number of nitrogens with one attached hydrogen (secondary N) is 1. The van der Waals surface area contributed by atoms with Gasteiger partial charge in [0, 0.05) is 34.9 Å². The van der Waals surface area contributed by atoms with Crippen LogP contribution >= 0.6 is 11.6 Å². The number of benzene rings is 1. The zero-order chi connectivity index (χ0) is 24.9. The van der Waals surface area contributed by atoms with Crippen LogP contribution in [0.3, 0.4) is 0 Å². The Hall–Kier alpha value is -2.65. The second-order valence-electron chi connectivity index (χ2n) is 10.5. The molecule has 9 heteroatoms. The second-order valence-corrected chi connectivity index (χ2v) is 11.0. The summed E-state index contributed by atoms with van der Waals surface area (Å²) in [6, 6.07) is 6.05. The highest BCUT2D eigenvalue weighted by molar-refractivity contribution is 6.32. The number of amides is 1. The van der Waals surface area contributed by atoms with Crippen molar-refractivity contribution < 1.29 is 14.6 Å². The summed E-state index contributed by atoms with van der Waals surface area (Å²) in [6.07, 6.45) is 9.10. The summed E-state index contributed by atoms with van der Waals surface area (Å²) >= 11 is 6.72. The average Bonchev–Trinajstić information content (AvgIpc) is 3.63. The third-order valence-corrected chi connectivity index (χ3v) is 8.60. The SMILES string of the molecule is C[C@@]1(N2CCC(c3cc4cc(NC(=O)[C@H]5C[C@@H]5c5cncnc5)ncc4cc3Cl)CC2)COC[C@@H]1O. The summed E-state index contributed by atoms with van der Waals surface area (Å²) in [5.41, 5.74) is 1.82. The van der Waals surface area contributed by atoms with Crippen LogP contribution in [0.5, 0.6) is 0 Å². The first-order chi connectivity index (χ1) is 17.4. The highest BCUT2D eigenvalue weighted by Crippen LogP contribution is 2.47. The first-order valence-electron chi connectivity index (χ1n) is 12.6. The van der Waals surface area contributed by atoms with E-state index in [1.54, 1.807) is 18.6 Å². The monoisotopic (exact) mass is 507 g/mol. The van der Waals surface area contributed by atoms with Gasteiger partial charge in [-0.15, -0.1) is 0 Å². The molecule has 1 saturated carbocycles. The lowest BCUT2D eigenvalue weighted by molar-refractivity contribution is -0.117. The van der Waals surface area contributed by atoms with Crippen molar-refractivity contribution in [3.8, 4) is 0 Å². The van der Waals surface area contributed by atoms with E-state index in [-0.39, 0.29) is 23.3 Å². The van der Waals surface area contributed by atoms with Crippen LogP contribution in [0.2, 0.25) is 5.02 Å². The molecule has 4 heterocycles. The summed E-state index contributed by atoms with van der Waals surface area (Å²) in [7, 11) is 0. The van der Waals surface area contributed by atoms with Gasteiger partial charge >= 0.3 is 0 Å². The maximum Gasteiger partial charge on any atom is 0.229 e. The predicted molar refractivity (Wildman–Crippen MR) is 137 cm³/mol. The molecule has 2 N–H and O–H groups in total. The molecule has 3 fully saturated rings. The summed E-state index contributed by atoms with van der Waals surface area (Å²) in [5.74, 6) is 0.956. The Bertz CT molecular complexity index is 1280. The van der Waals surface area contributed by atoms with Gasteiger partial charge in [0.2, 0.25) is 5.91 Å². The Kier molecular flexibility index (Phi) is 6.16. The summed E-state index contributed by atoms with van der Waals surface area (Å²) in [4.78, 5) is 27.7. The van der Waals surface area contributed by atoms with E-state index >= 15 is 0 Å². The van der Waals surface area contributed by atoms with Crippen LogP contribution in [-0.4, -0.2) is 68.8 Å². The van der Waals surface area contributed by atoms with Crippen LogP contribution in [0.25, 0.3) is 10.8 Å². The predicted octanol–water partition coefficient (Wildman–Crippen LogP) is 3.75. The Morgan fingerprint density at radius 2 is 1.94 bits per heavy atom. The molecule has 1 amide bonds. The van der Waals surface area contributed by atoms with Crippen LogP contribution < -0.4 is 5.32 Å². The highest BCUT2D eigenvalue weighted by atomic mass is 35.5. The lowest BCUT2D eigenvalue weighted by atomic mass is 9.85. The molecule has 3 aliphatic rings. The Morgan fingerprint density at radius 3 is 2.67 bits per heavy atom. The van der Waals surface area contributed by atoms with E-state index < -0.39 is 6.10 Å². The minimum Gasteiger partial charge on any atom is -0.389 e. The van der Waals surface area contributed by atoms with Gasteiger partial charge in [-0.25, -0.2) is 15.0 Å². The van der Waals surface area contributed by atoms with E-state index in [2.05, 4.69) is 38.2 Å². The fraction of sp³-hybridized carbons (Fsp3) is 0.481. The van der Waals surface area contributed by atoms with Crippen molar-refractivity contribution in [2.75, 3.05) is 31.6 Å². The topological polar surface area (TPSA) is 100 Å². The van der Waals surface area contributed by atoms with Gasteiger partial charge in [-0.05, 0) is 85.8 Å². The number of pyridine rings is 1. The number of nitrogens with zero attached hydrogens (tertiary/aromatic N) is 4. The van der Waals surface area contributed by atoms with Crippen molar-refractivity contribution in [3.05, 3.63) is 59.3 Å². The molecule has 1 aliphatic carbocycles. The van der Waals surface area contributed by atoms with E-state index in [1.165, 1.54) is 6.33 Å². The number of aliphatic hydroxyl groups excluding tert-OH is 1. The summed E-state index contributed by atoms with van der Waals surface area (Å²) < 4.78 is 5.54. The number of aromatic nitrogens is 3. The molecule has 188 valence electrons. The third-order valence-electron chi connectivity index (χ3n) is 8.27. The van der Waals surface area contributed by atoms with Crippen LogP contribution in [0.15, 0.2) is 43.1 Å². The van der Waals surface area contributed by atoms with Gasteiger partial charge < -0.3 is 15.2 Å². The average molecular weight is 508 g/mol. The number of piperidine rings is 1. The molecule has 3 aromatic rings. The normalized spacial score (nSPS) is 28.9. The van der Waals surface area contributed by atoms with Gasteiger partial charge in [0.1, 0.15) is 12.1 Å². The van der Waals surface area contributed by atoms with E-state index in [1.807, 2.05) is 12.1 Å². The molecular weight excluding hydrogens is 478 g/mol. The number of anilines is 1. The van der Waals surface area contributed by atoms with Crippen LogP contribution in [0.4, 0.5) is 5.82 Å². The lowest BCUT2D eigenvalue weighted by Crippen LogP contribution is -2.56. The van der Waals surface area contributed by atoms with Gasteiger partial charge in [-0.3, -0.25) is 9.69 Å². The van der Waals surface area contributed by atoms with Gasteiger partial charge in [0.05, 0.1) is 24.9 Å². The van der Waals surface area contributed by atoms with Crippen LogP contribution in [-0.2, 0) is 9.53 Å². The standard InChI is InChI=1S/C27H30ClN5O3/c1-27(14-36-13-24(27)34)33-4-2-16(3-5-33)21-6-17-8-25(31-12-18(17)7-23(21)28)32-26(35)22-9-20(22)19-10-29-15-30-11-19/h6-8,10-12,15-16,20,22,24,34H,2-5,9,13-14H2,1H3,(H,31,32,35)/t20-,22+,24+,27-/m1/s1. The van der Waals surface area contributed by atoms with Crippen molar-refractivity contribution >= 4 is 34.1 Å². The van der Waals surface area contributed by atoms with Crippen molar-refractivity contribution in [2.45, 2.75) is 49.7 Å². The van der Waals surface area contributed by atoms with Crippen molar-refractivity contribution in [2.24, 2.45) is 5.92 Å². The summed E-state index contributed by atoms with van der Waals surface area (Å²) in [6.45, 7) is 4.85. The second kappa shape index (κ2) is 9.34. The largest absolute Gasteiger partial charge is 0.389 e.